The average molecular weight is 157 g/mol. The van der Waals surface area contributed by atoms with Gasteiger partial charge in [0, 0.05) is 6.20 Å². The zero-order valence-corrected chi connectivity index (χ0v) is 6.65. The Hall–Kier alpha value is -1.82. The molecule has 0 bridgehead atoms. The fourth-order valence-corrected chi connectivity index (χ4v) is 1.20. The van der Waals surface area contributed by atoms with Crippen LogP contribution in [0.25, 0.3) is 5.52 Å². The van der Waals surface area contributed by atoms with Gasteiger partial charge >= 0.3 is 0 Å². The second-order valence-corrected chi connectivity index (χ2v) is 2.70. The molecule has 0 N–H and O–H groups in total. The number of aromatic nitrogens is 2. The Balaban J connectivity index is 2.84. The maximum Gasteiger partial charge on any atom is 0.166 e. The van der Waals surface area contributed by atoms with Gasteiger partial charge in [-0.15, -0.1) is 0 Å². The molecule has 2 aromatic heterocycles. The van der Waals surface area contributed by atoms with Crippen molar-refractivity contribution < 1.29 is 0 Å². The summed E-state index contributed by atoms with van der Waals surface area (Å²) >= 11 is 0. The fraction of sp³-hybridized carbons (Fsp3) is 0.111. The molecule has 12 heavy (non-hydrogen) atoms. The highest BCUT2D eigenvalue weighted by molar-refractivity contribution is 5.57. The summed E-state index contributed by atoms with van der Waals surface area (Å²) in [4.78, 5) is 3.96. The van der Waals surface area contributed by atoms with Gasteiger partial charge in [0.1, 0.15) is 12.4 Å². The van der Waals surface area contributed by atoms with Crippen molar-refractivity contribution in [2.75, 3.05) is 0 Å². The summed E-state index contributed by atoms with van der Waals surface area (Å²) < 4.78 is 1.86. The normalized spacial score (nSPS) is 10.0. The van der Waals surface area contributed by atoms with E-state index in [2.05, 4.69) is 4.98 Å². The topological polar surface area (TPSA) is 41.1 Å². The molecule has 0 unspecified atom stereocenters. The van der Waals surface area contributed by atoms with Crippen molar-refractivity contribution in [2.24, 2.45) is 0 Å². The van der Waals surface area contributed by atoms with E-state index in [1.807, 2.05) is 35.7 Å². The van der Waals surface area contributed by atoms with Crippen LogP contribution in [0.4, 0.5) is 0 Å². The second kappa shape index (κ2) is 2.35. The summed E-state index contributed by atoms with van der Waals surface area (Å²) in [6, 6.07) is 5.91. The molecular weight excluding hydrogens is 150 g/mol. The van der Waals surface area contributed by atoms with E-state index >= 15 is 0 Å². The Bertz CT molecular complexity index is 462. The number of nitriles is 1. The predicted molar refractivity (Wildman–Crippen MR) is 44.6 cm³/mol. The monoisotopic (exact) mass is 157 g/mol. The van der Waals surface area contributed by atoms with Crippen LogP contribution in [0.2, 0.25) is 0 Å². The summed E-state index contributed by atoms with van der Waals surface area (Å²) in [5.74, 6) is 0. The Labute approximate surface area is 69.9 Å². The quantitative estimate of drug-likeness (QED) is 0.581. The van der Waals surface area contributed by atoms with Crippen LogP contribution in [0.15, 0.2) is 24.7 Å². The number of rotatable bonds is 0. The first-order chi connectivity index (χ1) is 5.81. The van der Waals surface area contributed by atoms with Crippen LogP contribution in [0.5, 0.6) is 0 Å². The molecule has 0 saturated heterocycles. The van der Waals surface area contributed by atoms with Crippen molar-refractivity contribution in [1.82, 2.24) is 9.38 Å². The third kappa shape index (κ3) is 0.857. The van der Waals surface area contributed by atoms with Crippen LogP contribution in [-0.4, -0.2) is 9.38 Å². The van der Waals surface area contributed by atoms with Crippen molar-refractivity contribution in [3.05, 3.63) is 35.9 Å². The van der Waals surface area contributed by atoms with Gasteiger partial charge in [0.25, 0.3) is 0 Å². The molecule has 0 radical (unpaired) electrons. The lowest BCUT2D eigenvalue weighted by Crippen LogP contribution is -1.83. The van der Waals surface area contributed by atoms with Crippen LogP contribution in [0.1, 0.15) is 11.3 Å². The van der Waals surface area contributed by atoms with Crippen LogP contribution in [-0.2, 0) is 0 Å². The first-order valence-electron chi connectivity index (χ1n) is 3.64. The Morgan fingerprint density at radius 2 is 2.33 bits per heavy atom. The van der Waals surface area contributed by atoms with Gasteiger partial charge in [-0.1, -0.05) is 6.07 Å². The lowest BCUT2D eigenvalue weighted by Gasteiger charge is -1.94. The van der Waals surface area contributed by atoms with Gasteiger partial charge < -0.3 is 4.40 Å². The first-order valence-corrected chi connectivity index (χ1v) is 3.64. The molecular formula is C9H7N3. The minimum Gasteiger partial charge on any atom is -0.305 e. The smallest absolute Gasteiger partial charge is 0.166 e. The second-order valence-electron chi connectivity index (χ2n) is 2.70. The van der Waals surface area contributed by atoms with Crippen LogP contribution >= 0.6 is 0 Å². The molecule has 0 spiro atoms. The molecule has 58 valence electrons. The summed E-state index contributed by atoms with van der Waals surface area (Å²) in [5, 5.41) is 8.67. The average Bonchev–Trinajstić information content (AvgIpc) is 2.46. The molecule has 0 atom stereocenters. The van der Waals surface area contributed by atoms with E-state index in [-0.39, 0.29) is 0 Å². The molecule has 0 saturated carbocycles. The molecule has 0 amide bonds. The van der Waals surface area contributed by atoms with E-state index in [1.165, 1.54) is 0 Å². The molecule has 0 aromatic carbocycles. The van der Waals surface area contributed by atoms with Gasteiger partial charge in [-0.2, -0.15) is 5.26 Å². The maximum absolute atomic E-state index is 8.67. The lowest BCUT2D eigenvalue weighted by atomic mass is 10.3. The molecule has 0 fully saturated rings. The summed E-state index contributed by atoms with van der Waals surface area (Å²) in [6.45, 7) is 2.01. The molecule has 2 aromatic rings. The number of hydrogen-bond acceptors (Lipinski definition) is 2. The fourth-order valence-electron chi connectivity index (χ4n) is 1.20. The first kappa shape index (κ1) is 6.86. The molecule has 3 heteroatoms. The molecule has 2 rings (SSSR count). The Kier molecular flexibility index (Phi) is 1.34. The lowest BCUT2D eigenvalue weighted by molar-refractivity contribution is 1.13. The van der Waals surface area contributed by atoms with E-state index in [4.69, 9.17) is 5.26 Å². The van der Waals surface area contributed by atoms with Crippen molar-refractivity contribution in [3.8, 4) is 6.07 Å². The van der Waals surface area contributed by atoms with Crippen LogP contribution in [0.3, 0.4) is 0 Å². The zero-order valence-electron chi connectivity index (χ0n) is 6.65. The van der Waals surface area contributed by atoms with Gasteiger partial charge in [0.2, 0.25) is 0 Å². The number of aryl methyl sites for hydroxylation is 1. The number of fused-ring (bicyclic) bond motifs is 1. The van der Waals surface area contributed by atoms with Crippen molar-refractivity contribution in [2.45, 2.75) is 6.92 Å². The summed E-state index contributed by atoms with van der Waals surface area (Å²) in [7, 11) is 0. The minimum absolute atomic E-state index is 0.481. The number of nitrogens with zero attached hydrogens (tertiary/aromatic N) is 3. The van der Waals surface area contributed by atoms with Crippen molar-refractivity contribution >= 4 is 5.52 Å². The van der Waals surface area contributed by atoms with E-state index < -0.39 is 0 Å². The standard InChI is InChI=1S/C9H7N3/c1-7-2-3-9-8(4-10)11-6-12(9)5-7/h2-3,5-6H,1H3. The molecule has 2 heterocycles. The number of pyridine rings is 1. The Morgan fingerprint density at radius 1 is 1.50 bits per heavy atom. The summed E-state index contributed by atoms with van der Waals surface area (Å²) in [6.07, 6.45) is 3.60. The molecule has 0 aliphatic carbocycles. The number of hydrogen-bond donors (Lipinski definition) is 0. The zero-order chi connectivity index (χ0) is 8.55. The van der Waals surface area contributed by atoms with E-state index in [1.54, 1.807) is 6.33 Å². The van der Waals surface area contributed by atoms with Gasteiger partial charge in [-0.25, -0.2) is 4.98 Å². The highest BCUT2D eigenvalue weighted by Gasteiger charge is 2.00. The van der Waals surface area contributed by atoms with Gasteiger partial charge in [0.15, 0.2) is 5.69 Å². The largest absolute Gasteiger partial charge is 0.305 e. The van der Waals surface area contributed by atoms with Crippen molar-refractivity contribution in [3.63, 3.8) is 0 Å². The van der Waals surface area contributed by atoms with E-state index in [0.717, 1.165) is 11.1 Å². The SMILES string of the molecule is Cc1ccc2c(C#N)ncn2c1. The predicted octanol–water partition coefficient (Wildman–Crippen LogP) is 1.51. The van der Waals surface area contributed by atoms with Gasteiger partial charge in [-0.05, 0) is 18.6 Å². The van der Waals surface area contributed by atoms with Crippen LogP contribution < -0.4 is 0 Å². The van der Waals surface area contributed by atoms with E-state index in [0.29, 0.717) is 5.69 Å². The number of imidazole rings is 1. The highest BCUT2D eigenvalue weighted by atomic mass is 15.0. The third-order valence-electron chi connectivity index (χ3n) is 1.78. The van der Waals surface area contributed by atoms with Gasteiger partial charge in [-0.3, -0.25) is 0 Å². The Morgan fingerprint density at radius 3 is 3.08 bits per heavy atom. The van der Waals surface area contributed by atoms with Gasteiger partial charge in [0.05, 0.1) is 5.52 Å². The molecule has 0 aliphatic rings. The minimum atomic E-state index is 0.481. The molecule has 3 nitrogen and oxygen atoms in total. The van der Waals surface area contributed by atoms with Crippen LogP contribution in [0, 0.1) is 18.3 Å². The third-order valence-corrected chi connectivity index (χ3v) is 1.78. The maximum atomic E-state index is 8.67. The molecule has 0 aliphatic heterocycles. The summed E-state index contributed by atoms with van der Waals surface area (Å²) in [5.41, 5.74) is 2.50. The van der Waals surface area contributed by atoms with E-state index in [9.17, 15) is 0 Å². The highest BCUT2D eigenvalue weighted by Crippen LogP contribution is 2.09. The van der Waals surface area contributed by atoms with Crippen molar-refractivity contribution in [1.29, 1.82) is 5.26 Å².